The highest BCUT2D eigenvalue weighted by atomic mass is 32.1. The Morgan fingerprint density at radius 3 is 2.58 bits per heavy atom. The number of halogens is 1. The summed E-state index contributed by atoms with van der Waals surface area (Å²) in [6, 6.07) is 2.57. The largest absolute Gasteiger partial charge is 0.388 e. The molecule has 0 bridgehead atoms. The summed E-state index contributed by atoms with van der Waals surface area (Å²) in [5.41, 5.74) is -2.18. The number of rotatable bonds is 4. The second-order valence-corrected chi connectivity index (χ2v) is 6.91. The number of aromatic nitrogens is 2. The highest BCUT2D eigenvalue weighted by Gasteiger charge is 2.42. The van der Waals surface area contributed by atoms with Crippen LogP contribution in [0.2, 0.25) is 0 Å². The Kier molecular flexibility index (Phi) is 4.75. The third-order valence-electron chi connectivity index (χ3n) is 4.05. The number of ether oxygens (including phenoxy) is 1. The molecule has 0 amide bonds. The van der Waals surface area contributed by atoms with E-state index in [1.165, 1.54) is 19.1 Å². The monoisotopic (exact) mass is 387 g/mol. The van der Waals surface area contributed by atoms with E-state index in [1.807, 2.05) is 0 Å². The first-order valence-electron chi connectivity index (χ1n) is 7.47. The van der Waals surface area contributed by atoms with Gasteiger partial charge in [0.15, 0.2) is 6.23 Å². The first-order valence-corrected chi connectivity index (χ1v) is 8.28. The molecule has 0 aromatic carbocycles. The molecule has 3 heterocycles. The van der Waals surface area contributed by atoms with Crippen molar-refractivity contribution in [3.05, 3.63) is 60.0 Å². The van der Waals surface area contributed by atoms with Crippen molar-refractivity contribution in [2.75, 3.05) is 0 Å². The van der Waals surface area contributed by atoms with Gasteiger partial charge < -0.3 is 14.9 Å². The molecule has 0 spiro atoms. The lowest BCUT2D eigenvalue weighted by Gasteiger charge is -2.18. The lowest BCUT2D eigenvalue weighted by molar-refractivity contribution is -0.380. The van der Waals surface area contributed by atoms with E-state index >= 15 is 0 Å². The van der Waals surface area contributed by atoms with Crippen molar-refractivity contribution in [1.29, 1.82) is 0 Å². The van der Waals surface area contributed by atoms with Crippen molar-refractivity contribution in [2.45, 2.75) is 38.0 Å². The van der Waals surface area contributed by atoms with E-state index in [4.69, 9.17) is 4.74 Å². The predicted octanol–water partition coefficient (Wildman–Crippen LogP) is -0.194. The first kappa shape index (κ1) is 18.4. The van der Waals surface area contributed by atoms with Gasteiger partial charge >= 0.3 is 10.7 Å². The molecule has 1 aliphatic rings. The molecule has 0 radical (unpaired) electrons. The van der Waals surface area contributed by atoms with Gasteiger partial charge in [0, 0.05) is 10.9 Å². The molecule has 0 unspecified atom stereocenters. The molecule has 4 atom stereocenters. The lowest BCUT2D eigenvalue weighted by Crippen LogP contribution is -2.44. The minimum atomic E-state index is -1.49. The van der Waals surface area contributed by atoms with Crippen LogP contribution in [0.25, 0.3) is 0 Å². The fourth-order valence-electron chi connectivity index (χ4n) is 2.67. The summed E-state index contributed by atoms with van der Waals surface area (Å²) in [4.78, 5) is 35.0. The van der Waals surface area contributed by atoms with Crippen molar-refractivity contribution < 1.29 is 24.3 Å². The number of thiophene rings is 1. The zero-order chi connectivity index (χ0) is 19.2. The van der Waals surface area contributed by atoms with Crippen molar-refractivity contribution in [3.63, 3.8) is 0 Å². The van der Waals surface area contributed by atoms with E-state index in [2.05, 4.69) is 0 Å². The molecule has 12 heteroatoms. The Morgan fingerprint density at radius 1 is 1.35 bits per heavy atom. The van der Waals surface area contributed by atoms with Crippen LogP contribution in [0.4, 0.5) is 9.39 Å². The smallest absolute Gasteiger partial charge is 0.333 e. The second kappa shape index (κ2) is 6.72. The van der Waals surface area contributed by atoms with Crippen LogP contribution in [0.15, 0.2) is 27.9 Å². The van der Waals surface area contributed by atoms with Gasteiger partial charge in [-0.15, -0.1) is 0 Å². The van der Waals surface area contributed by atoms with Crippen LogP contribution in [-0.2, 0) is 11.3 Å². The number of nitro groups is 1. The Labute approximate surface area is 148 Å². The quantitative estimate of drug-likeness (QED) is 0.548. The van der Waals surface area contributed by atoms with E-state index in [0.717, 1.165) is 11.3 Å². The molecule has 1 saturated heterocycles. The van der Waals surface area contributed by atoms with Gasteiger partial charge in [-0.1, -0.05) is 11.3 Å². The number of hydrogen-bond acceptors (Lipinski definition) is 8. The Balaban J connectivity index is 2.03. The maximum atomic E-state index is 14.0. The highest BCUT2D eigenvalue weighted by Crippen LogP contribution is 2.28. The molecular weight excluding hydrogens is 373 g/mol. The average Bonchev–Trinajstić information content (AvgIpc) is 3.16. The number of aliphatic hydroxyl groups excluding tert-OH is 2. The average molecular weight is 387 g/mol. The van der Waals surface area contributed by atoms with E-state index < -0.39 is 46.5 Å². The van der Waals surface area contributed by atoms with Crippen LogP contribution in [0, 0.1) is 15.9 Å². The zero-order valence-corrected chi connectivity index (χ0v) is 14.1. The molecule has 0 aliphatic carbocycles. The van der Waals surface area contributed by atoms with Gasteiger partial charge in [0.2, 0.25) is 5.82 Å². The van der Waals surface area contributed by atoms with E-state index in [-0.39, 0.29) is 11.5 Å². The SMILES string of the molecule is C[C@@H]1O[C@H](n2cc(F)c(=O)n(Cc3ccc([N+](=O)[O-])s3)c2=O)[C@@H](O)[C@H]1O. The molecule has 26 heavy (non-hydrogen) atoms. The molecule has 1 aliphatic heterocycles. The normalized spacial score (nSPS) is 25.5. The fourth-order valence-corrected chi connectivity index (χ4v) is 3.48. The van der Waals surface area contributed by atoms with Gasteiger partial charge in [0.05, 0.1) is 23.8 Å². The topological polar surface area (TPSA) is 137 Å². The molecule has 2 aromatic heterocycles. The van der Waals surface area contributed by atoms with Crippen LogP contribution >= 0.6 is 11.3 Å². The van der Waals surface area contributed by atoms with Gasteiger partial charge in [0.25, 0.3) is 5.56 Å². The van der Waals surface area contributed by atoms with Crippen LogP contribution in [0.1, 0.15) is 18.0 Å². The number of hydrogen-bond donors (Lipinski definition) is 2. The summed E-state index contributed by atoms with van der Waals surface area (Å²) in [5.74, 6) is -1.26. The minimum Gasteiger partial charge on any atom is -0.388 e. The summed E-state index contributed by atoms with van der Waals surface area (Å²) < 4.78 is 20.6. The zero-order valence-electron chi connectivity index (χ0n) is 13.3. The van der Waals surface area contributed by atoms with Crippen LogP contribution in [0.5, 0.6) is 0 Å². The second-order valence-electron chi connectivity index (χ2n) is 5.77. The van der Waals surface area contributed by atoms with E-state index in [0.29, 0.717) is 20.2 Å². The Bertz CT molecular complexity index is 968. The van der Waals surface area contributed by atoms with Crippen molar-refractivity contribution in [3.8, 4) is 0 Å². The van der Waals surface area contributed by atoms with Crippen molar-refractivity contribution >= 4 is 16.3 Å². The van der Waals surface area contributed by atoms with Gasteiger partial charge in [-0.2, -0.15) is 4.39 Å². The summed E-state index contributed by atoms with van der Waals surface area (Å²) in [5, 5.41) is 30.3. The van der Waals surface area contributed by atoms with Crippen LogP contribution < -0.4 is 11.2 Å². The van der Waals surface area contributed by atoms with Crippen LogP contribution in [0.3, 0.4) is 0 Å². The minimum absolute atomic E-state index is 0.184. The van der Waals surface area contributed by atoms with Gasteiger partial charge in [-0.25, -0.2) is 4.79 Å². The van der Waals surface area contributed by atoms with Crippen molar-refractivity contribution in [2.24, 2.45) is 0 Å². The van der Waals surface area contributed by atoms with Gasteiger partial charge in [-0.3, -0.25) is 24.0 Å². The molecule has 10 nitrogen and oxygen atoms in total. The molecule has 3 rings (SSSR count). The number of nitrogens with zero attached hydrogens (tertiary/aromatic N) is 3. The maximum absolute atomic E-state index is 14.0. The third-order valence-corrected chi connectivity index (χ3v) is 5.07. The molecule has 1 fully saturated rings. The summed E-state index contributed by atoms with van der Waals surface area (Å²) >= 11 is 0.748. The maximum Gasteiger partial charge on any atom is 0.333 e. The fraction of sp³-hybridized carbons (Fsp3) is 0.429. The lowest BCUT2D eigenvalue weighted by atomic mass is 10.1. The Morgan fingerprint density at radius 2 is 2.04 bits per heavy atom. The molecule has 2 aromatic rings. The standard InChI is InChI=1S/C14H14FN3O7S/c1-6-10(19)11(20)13(25-6)17-5-8(15)12(21)16(14(17)22)4-7-2-3-9(26-7)18(23)24/h2-3,5-6,10-11,13,19-20H,4H2,1H3/t6-,10-,11-,13-/m0/s1. The van der Waals surface area contributed by atoms with Gasteiger partial charge in [0.1, 0.15) is 12.2 Å². The molecule has 2 N–H and O–H groups in total. The summed E-state index contributed by atoms with van der Waals surface area (Å²) in [6.45, 7) is 1.09. The van der Waals surface area contributed by atoms with E-state index in [9.17, 15) is 34.3 Å². The van der Waals surface area contributed by atoms with Crippen LogP contribution in [-0.4, -0.2) is 42.6 Å². The Hall–Kier alpha value is -2.41. The van der Waals surface area contributed by atoms with E-state index in [1.54, 1.807) is 0 Å². The summed E-state index contributed by atoms with van der Waals surface area (Å²) in [6.07, 6.45) is -4.33. The van der Waals surface area contributed by atoms with Crippen molar-refractivity contribution in [1.82, 2.24) is 9.13 Å². The number of aliphatic hydroxyl groups is 2. The van der Waals surface area contributed by atoms with Gasteiger partial charge in [-0.05, 0) is 13.0 Å². The summed E-state index contributed by atoms with van der Waals surface area (Å²) in [7, 11) is 0. The molecular formula is C14H14FN3O7S. The third kappa shape index (κ3) is 3.07. The first-order chi connectivity index (χ1) is 12.2. The molecule has 0 saturated carbocycles. The predicted molar refractivity (Wildman–Crippen MR) is 86.6 cm³/mol. The molecule has 140 valence electrons. The highest BCUT2D eigenvalue weighted by molar-refractivity contribution is 7.15.